The van der Waals surface area contributed by atoms with Crippen LogP contribution in [0.2, 0.25) is 0 Å². The Morgan fingerprint density at radius 2 is 2.16 bits per heavy atom. The van der Waals surface area contributed by atoms with E-state index in [1.807, 2.05) is 13.8 Å². The van der Waals surface area contributed by atoms with E-state index in [0.717, 1.165) is 18.7 Å². The van der Waals surface area contributed by atoms with Gasteiger partial charge < -0.3 is 11.1 Å². The number of carbonyl (C=O) groups excluding carboxylic acids is 1. The van der Waals surface area contributed by atoms with Gasteiger partial charge in [0.2, 0.25) is 0 Å². The van der Waals surface area contributed by atoms with Gasteiger partial charge in [0, 0.05) is 13.1 Å². The second kappa shape index (κ2) is 5.23. The first kappa shape index (κ1) is 13.9. The smallest absolute Gasteiger partial charge is 0.271 e. The van der Waals surface area contributed by atoms with Gasteiger partial charge in [-0.1, -0.05) is 13.3 Å². The topological polar surface area (TPSA) is 72.9 Å². The number of aryl methyl sites for hydroxylation is 2. The van der Waals surface area contributed by atoms with Crippen LogP contribution < -0.4 is 11.1 Å². The van der Waals surface area contributed by atoms with Crippen LogP contribution in [0, 0.1) is 12.3 Å². The number of carbonyl (C=O) groups is 1. The third kappa shape index (κ3) is 2.46. The molecule has 1 aromatic heterocycles. The molecule has 0 radical (unpaired) electrons. The molecule has 0 atom stereocenters. The fourth-order valence-corrected chi connectivity index (χ4v) is 2.75. The van der Waals surface area contributed by atoms with E-state index in [9.17, 15) is 4.79 Å². The number of nitrogens with zero attached hydrogens (tertiary/aromatic N) is 2. The van der Waals surface area contributed by atoms with Crippen LogP contribution in [0.3, 0.4) is 0 Å². The van der Waals surface area contributed by atoms with Crippen molar-refractivity contribution in [3.05, 3.63) is 11.4 Å². The number of aromatic nitrogens is 2. The summed E-state index contributed by atoms with van der Waals surface area (Å²) < 4.78 is 1.68. The lowest BCUT2D eigenvalue weighted by Gasteiger charge is -2.41. The Bertz CT molecular complexity index is 469. The van der Waals surface area contributed by atoms with Crippen LogP contribution >= 0.6 is 0 Å². The van der Waals surface area contributed by atoms with Gasteiger partial charge in [-0.05, 0) is 38.5 Å². The summed E-state index contributed by atoms with van der Waals surface area (Å²) in [5.41, 5.74) is 8.00. The normalized spacial score (nSPS) is 17.0. The highest BCUT2D eigenvalue weighted by molar-refractivity contribution is 5.98. The molecular formula is C14H24N4O. The minimum Gasteiger partial charge on any atom is -0.395 e. The van der Waals surface area contributed by atoms with Crippen LogP contribution in [-0.4, -0.2) is 22.2 Å². The lowest BCUT2D eigenvalue weighted by atomic mass is 9.67. The summed E-state index contributed by atoms with van der Waals surface area (Å²) in [6.07, 6.45) is 4.82. The highest BCUT2D eigenvalue weighted by Crippen LogP contribution is 2.43. The van der Waals surface area contributed by atoms with E-state index in [1.54, 1.807) is 4.68 Å². The summed E-state index contributed by atoms with van der Waals surface area (Å²) in [5.74, 6) is -0.0975. The average molecular weight is 264 g/mol. The Morgan fingerprint density at radius 1 is 1.47 bits per heavy atom. The van der Waals surface area contributed by atoms with Crippen molar-refractivity contribution >= 4 is 11.6 Å². The van der Waals surface area contributed by atoms with Crippen LogP contribution in [0.25, 0.3) is 0 Å². The molecule has 1 amide bonds. The van der Waals surface area contributed by atoms with Crippen LogP contribution in [0.1, 0.15) is 55.7 Å². The van der Waals surface area contributed by atoms with Crippen molar-refractivity contribution in [1.29, 1.82) is 0 Å². The minimum absolute atomic E-state index is 0.0975. The fraction of sp³-hybridized carbons (Fsp3) is 0.714. The Morgan fingerprint density at radius 3 is 2.63 bits per heavy atom. The van der Waals surface area contributed by atoms with Gasteiger partial charge in [0.1, 0.15) is 5.69 Å². The van der Waals surface area contributed by atoms with E-state index < -0.39 is 0 Å². The monoisotopic (exact) mass is 264 g/mol. The molecule has 1 aromatic rings. The van der Waals surface area contributed by atoms with Crippen molar-refractivity contribution in [3.63, 3.8) is 0 Å². The molecule has 0 aliphatic heterocycles. The first-order valence-corrected chi connectivity index (χ1v) is 7.14. The summed E-state index contributed by atoms with van der Waals surface area (Å²) in [5, 5.41) is 7.32. The maximum absolute atomic E-state index is 12.3. The third-order valence-electron chi connectivity index (χ3n) is 4.48. The first-order valence-electron chi connectivity index (χ1n) is 7.14. The van der Waals surface area contributed by atoms with Gasteiger partial charge in [-0.2, -0.15) is 5.10 Å². The molecule has 5 heteroatoms. The van der Waals surface area contributed by atoms with E-state index in [2.05, 4.69) is 17.3 Å². The molecule has 1 heterocycles. The van der Waals surface area contributed by atoms with E-state index in [0.29, 0.717) is 23.3 Å². The van der Waals surface area contributed by atoms with Crippen LogP contribution in [0.5, 0.6) is 0 Å². The van der Waals surface area contributed by atoms with Gasteiger partial charge in [-0.3, -0.25) is 9.48 Å². The van der Waals surface area contributed by atoms with Gasteiger partial charge >= 0.3 is 0 Å². The summed E-state index contributed by atoms with van der Waals surface area (Å²) in [6, 6.07) is 0. The Labute approximate surface area is 114 Å². The van der Waals surface area contributed by atoms with Crippen molar-refractivity contribution in [2.24, 2.45) is 5.41 Å². The van der Waals surface area contributed by atoms with Gasteiger partial charge in [-0.15, -0.1) is 0 Å². The third-order valence-corrected chi connectivity index (χ3v) is 4.48. The Hall–Kier alpha value is -1.52. The van der Waals surface area contributed by atoms with E-state index in [1.165, 1.54) is 19.3 Å². The predicted molar refractivity (Wildman–Crippen MR) is 76.0 cm³/mol. The zero-order valence-electron chi connectivity index (χ0n) is 12.1. The van der Waals surface area contributed by atoms with Gasteiger partial charge in [-0.25, -0.2) is 0 Å². The van der Waals surface area contributed by atoms with E-state index >= 15 is 0 Å². The molecule has 1 saturated carbocycles. The molecule has 0 bridgehead atoms. The molecule has 1 fully saturated rings. The number of nitrogen functional groups attached to an aromatic ring is 1. The Kier molecular flexibility index (Phi) is 3.83. The molecule has 0 aromatic carbocycles. The van der Waals surface area contributed by atoms with E-state index in [-0.39, 0.29) is 5.91 Å². The maximum Gasteiger partial charge on any atom is 0.271 e. The average Bonchev–Trinajstić information content (AvgIpc) is 2.64. The highest BCUT2D eigenvalue weighted by atomic mass is 16.2. The molecule has 3 N–H and O–H groups in total. The van der Waals surface area contributed by atoms with Gasteiger partial charge in [0.25, 0.3) is 5.91 Å². The second-order valence-electron chi connectivity index (χ2n) is 5.55. The number of rotatable bonds is 5. The zero-order valence-corrected chi connectivity index (χ0v) is 12.1. The molecule has 2 rings (SSSR count). The molecule has 0 spiro atoms. The second-order valence-corrected chi connectivity index (χ2v) is 5.55. The number of hydrogen-bond donors (Lipinski definition) is 2. The molecular weight excluding hydrogens is 240 g/mol. The molecule has 5 nitrogen and oxygen atoms in total. The quantitative estimate of drug-likeness (QED) is 0.855. The van der Waals surface area contributed by atoms with Crippen LogP contribution in [0.4, 0.5) is 5.69 Å². The molecule has 19 heavy (non-hydrogen) atoms. The largest absolute Gasteiger partial charge is 0.395 e. The van der Waals surface area contributed by atoms with Crippen molar-refractivity contribution in [2.75, 3.05) is 12.3 Å². The standard InChI is InChI=1S/C14H24N4O/c1-4-14(7-6-8-14)9-16-13(19)12-11(15)10(3)17-18(12)5-2/h4-9,15H2,1-3H3,(H,16,19). The number of amides is 1. The van der Waals surface area contributed by atoms with Gasteiger partial charge in [0.05, 0.1) is 11.4 Å². The lowest BCUT2D eigenvalue weighted by molar-refractivity contribution is 0.0841. The van der Waals surface area contributed by atoms with Crippen LogP contribution in [-0.2, 0) is 6.54 Å². The summed E-state index contributed by atoms with van der Waals surface area (Å²) in [4.78, 5) is 12.3. The van der Waals surface area contributed by atoms with Crippen molar-refractivity contribution in [1.82, 2.24) is 15.1 Å². The Balaban J connectivity index is 2.08. The van der Waals surface area contributed by atoms with Crippen molar-refractivity contribution in [2.45, 2.75) is 53.0 Å². The molecule has 1 aliphatic rings. The summed E-state index contributed by atoms with van der Waals surface area (Å²) in [6.45, 7) is 7.38. The predicted octanol–water partition coefficient (Wildman–Crippen LogP) is 2.10. The number of anilines is 1. The zero-order chi connectivity index (χ0) is 14.0. The summed E-state index contributed by atoms with van der Waals surface area (Å²) >= 11 is 0. The molecule has 106 valence electrons. The molecule has 0 unspecified atom stereocenters. The number of nitrogens with one attached hydrogen (secondary N) is 1. The van der Waals surface area contributed by atoms with Gasteiger partial charge in [0.15, 0.2) is 0 Å². The maximum atomic E-state index is 12.3. The van der Waals surface area contributed by atoms with Crippen molar-refractivity contribution in [3.8, 4) is 0 Å². The molecule has 0 saturated heterocycles. The van der Waals surface area contributed by atoms with Crippen LogP contribution in [0.15, 0.2) is 0 Å². The van der Waals surface area contributed by atoms with E-state index in [4.69, 9.17) is 5.73 Å². The number of hydrogen-bond acceptors (Lipinski definition) is 3. The fourth-order valence-electron chi connectivity index (χ4n) is 2.75. The van der Waals surface area contributed by atoms with Crippen molar-refractivity contribution < 1.29 is 4.79 Å². The lowest BCUT2D eigenvalue weighted by Crippen LogP contribution is -2.42. The SMILES string of the molecule is CCn1nc(C)c(N)c1C(=O)NCC1(CC)CCC1. The highest BCUT2D eigenvalue weighted by Gasteiger charge is 2.35. The minimum atomic E-state index is -0.0975. The molecule has 1 aliphatic carbocycles. The number of nitrogens with two attached hydrogens (primary N) is 1. The first-order chi connectivity index (χ1) is 9.03. The summed E-state index contributed by atoms with van der Waals surface area (Å²) in [7, 11) is 0.